The fourth-order valence-corrected chi connectivity index (χ4v) is 6.93. The summed E-state index contributed by atoms with van der Waals surface area (Å²) in [6.07, 6.45) is -3.80. The molecule has 1 aliphatic carbocycles. The van der Waals surface area contributed by atoms with Crippen LogP contribution in [0.15, 0.2) is 77.6 Å². The number of carbonyl (C=O) groups is 1. The van der Waals surface area contributed by atoms with Gasteiger partial charge in [0, 0.05) is 12.1 Å². The van der Waals surface area contributed by atoms with Crippen LogP contribution in [0.3, 0.4) is 0 Å². The number of carbonyl (C=O) groups excluding carboxylic acids is 1. The number of aryl methyl sites for hydroxylation is 1. The van der Waals surface area contributed by atoms with E-state index in [0.29, 0.717) is 29.9 Å². The summed E-state index contributed by atoms with van der Waals surface area (Å²) in [5.41, 5.74) is 2.04. The van der Waals surface area contributed by atoms with E-state index >= 15 is 0 Å². The van der Waals surface area contributed by atoms with Gasteiger partial charge in [0.15, 0.2) is 6.10 Å². The first-order valence-corrected chi connectivity index (χ1v) is 15.2. The molecule has 3 aromatic carbocycles. The molecule has 0 spiro atoms. The van der Waals surface area contributed by atoms with Crippen molar-refractivity contribution in [2.45, 2.75) is 49.9 Å². The number of hydrogen-bond acceptors (Lipinski definition) is 6. The number of H-pyrrole nitrogens is 1. The zero-order valence-corrected chi connectivity index (χ0v) is 24.2. The molecule has 0 radical (unpaired) electrons. The lowest BCUT2D eigenvalue weighted by molar-refractivity contribution is -0.142. The molecule has 3 heterocycles. The monoisotopic (exact) mass is 616 g/mol. The van der Waals surface area contributed by atoms with E-state index in [4.69, 9.17) is 9.97 Å². The molecule has 2 aromatic heterocycles. The van der Waals surface area contributed by atoms with Crippen molar-refractivity contribution in [3.63, 3.8) is 0 Å². The minimum Gasteiger partial charge on any atom is -0.378 e. The van der Waals surface area contributed by atoms with Gasteiger partial charge in [-0.2, -0.15) is 13.2 Å². The highest BCUT2D eigenvalue weighted by Gasteiger charge is 2.49. The minimum absolute atomic E-state index is 0.0904. The molecule has 1 atom stereocenters. The summed E-state index contributed by atoms with van der Waals surface area (Å²) in [5, 5.41) is 11.6. The number of halogens is 3. The van der Waals surface area contributed by atoms with Gasteiger partial charge in [0.05, 0.1) is 39.0 Å². The fraction of sp³-hybridized carbons (Fsp3) is 0.273. The number of amides is 1. The van der Waals surface area contributed by atoms with Crippen LogP contribution in [0.2, 0.25) is 0 Å². The number of nitrogens with zero attached hydrogens (tertiary/aromatic N) is 3. The van der Waals surface area contributed by atoms with Gasteiger partial charge >= 0.3 is 6.18 Å². The van der Waals surface area contributed by atoms with Gasteiger partial charge in [-0.3, -0.25) is 9.59 Å². The first kappa shape index (κ1) is 28.4. The van der Waals surface area contributed by atoms with Crippen molar-refractivity contribution in [3.05, 3.63) is 117 Å². The van der Waals surface area contributed by atoms with Gasteiger partial charge in [0.25, 0.3) is 11.5 Å². The number of para-hydroxylation sites is 1. The highest BCUT2D eigenvalue weighted by molar-refractivity contribution is 7.21. The van der Waals surface area contributed by atoms with Crippen LogP contribution in [0.4, 0.5) is 13.2 Å². The van der Waals surface area contributed by atoms with E-state index in [-0.39, 0.29) is 24.2 Å². The Morgan fingerprint density at radius 1 is 1.02 bits per heavy atom. The Morgan fingerprint density at radius 2 is 1.82 bits per heavy atom. The molecule has 0 saturated heterocycles. The second-order valence-corrected chi connectivity index (χ2v) is 12.4. The minimum atomic E-state index is -4.60. The Labute approximate surface area is 254 Å². The van der Waals surface area contributed by atoms with Crippen LogP contribution >= 0.6 is 11.3 Å². The number of nitrogens with one attached hydrogen (secondary N) is 1. The highest BCUT2D eigenvalue weighted by atomic mass is 32.1. The number of hydrogen-bond donors (Lipinski definition) is 2. The largest absolute Gasteiger partial charge is 0.416 e. The lowest BCUT2D eigenvalue weighted by Crippen LogP contribution is -2.36. The van der Waals surface area contributed by atoms with Crippen molar-refractivity contribution in [3.8, 4) is 10.6 Å². The third-order valence-electron chi connectivity index (χ3n) is 8.53. The van der Waals surface area contributed by atoms with Gasteiger partial charge in [0.2, 0.25) is 0 Å². The lowest BCUT2D eigenvalue weighted by atomic mass is 9.93. The van der Waals surface area contributed by atoms with Crippen molar-refractivity contribution in [1.29, 1.82) is 0 Å². The zero-order chi connectivity index (χ0) is 30.6. The van der Waals surface area contributed by atoms with Crippen LogP contribution in [0.25, 0.3) is 20.8 Å². The molecule has 224 valence electrons. The standard InChI is InChI=1S/C33H27F3N4O3S/c34-33(35,36)22-9-3-6-19(16-22)27(41)30(43)40-15-5-11-24-23(18-40)28(42)39-31(38-24)32(13-14-32)21-8-4-7-20(17-21)29-37-25-10-1-2-12-26(25)44-29/h1-4,6-10,12,16-17,27,41H,5,11,13-15,18H2,(H,38,39,42)/t27-/m1/s1. The maximum atomic E-state index is 13.5. The number of fused-ring (bicyclic) bond motifs is 2. The molecule has 2 N–H and O–H groups in total. The Hall–Kier alpha value is -4.35. The maximum absolute atomic E-state index is 13.5. The number of alkyl halides is 3. The van der Waals surface area contributed by atoms with Gasteiger partial charge in [-0.15, -0.1) is 11.3 Å². The Balaban J connectivity index is 1.15. The van der Waals surface area contributed by atoms with Crippen molar-refractivity contribution in [2.24, 2.45) is 0 Å². The number of aliphatic hydroxyl groups excluding tert-OH is 1. The summed E-state index contributed by atoms with van der Waals surface area (Å²) in [6.45, 7) is 0.141. The quantitative estimate of drug-likeness (QED) is 0.247. The second-order valence-electron chi connectivity index (χ2n) is 11.4. The molecular weight excluding hydrogens is 589 g/mol. The number of thiazole rings is 1. The van der Waals surface area contributed by atoms with E-state index in [1.165, 1.54) is 11.0 Å². The number of benzene rings is 3. The van der Waals surface area contributed by atoms with Crippen molar-refractivity contribution >= 4 is 27.5 Å². The van der Waals surface area contributed by atoms with Crippen LogP contribution in [0.5, 0.6) is 0 Å². The summed E-state index contributed by atoms with van der Waals surface area (Å²) >= 11 is 1.63. The van der Waals surface area contributed by atoms with Crippen LogP contribution in [0, 0.1) is 0 Å². The lowest BCUT2D eigenvalue weighted by Gasteiger charge is -2.24. The number of aliphatic hydroxyl groups is 1. The highest BCUT2D eigenvalue weighted by Crippen LogP contribution is 2.52. The summed E-state index contributed by atoms with van der Waals surface area (Å²) < 4.78 is 40.7. The van der Waals surface area contributed by atoms with Gasteiger partial charge in [-0.05, 0) is 67.1 Å². The molecule has 1 aliphatic heterocycles. The molecule has 5 aromatic rings. The first-order valence-electron chi connectivity index (χ1n) is 14.4. The maximum Gasteiger partial charge on any atom is 0.416 e. The molecular formula is C33H27F3N4O3S. The summed E-state index contributed by atoms with van der Waals surface area (Å²) in [5.74, 6) is -0.169. The van der Waals surface area contributed by atoms with E-state index in [1.807, 2.05) is 42.5 Å². The summed E-state index contributed by atoms with van der Waals surface area (Å²) in [7, 11) is 0. The molecule has 11 heteroatoms. The first-order chi connectivity index (χ1) is 21.1. The smallest absolute Gasteiger partial charge is 0.378 e. The number of rotatable bonds is 5. The molecule has 0 bridgehead atoms. The van der Waals surface area contributed by atoms with Crippen LogP contribution in [-0.4, -0.2) is 37.4 Å². The molecule has 44 heavy (non-hydrogen) atoms. The van der Waals surface area contributed by atoms with E-state index in [1.54, 1.807) is 11.3 Å². The van der Waals surface area contributed by atoms with Crippen molar-refractivity contribution in [1.82, 2.24) is 19.9 Å². The average molecular weight is 617 g/mol. The third-order valence-corrected chi connectivity index (χ3v) is 9.61. The molecule has 1 amide bonds. The Kier molecular flexibility index (Phi) is 6.89. The molecule has 1 saturated carbocycles. The van der Waals surface area contributed by atoms with Gasteiger partial charge in [-0.25, -0.2) is 9.97 Å². The summed E-state index contributed by atoms with van der Waals surface area (Å²) in [4.78, 5) is 40.7. The van der Waals surface area contributed by atoms with E-state index in [2.05, 4.69) is 11.1 Å². The molecule has 7 nitrogen and oxygen atoms in total. The van der Waals surface area contributed by atoms with Crippen LogP contribution in [-0.2, 0) is 29.4 Å². The van der Waals surface area contributed by atoms with Gasteiger partial charge in [0.1, 0.15) is 10.8 Å². The number of aromatic amines is 1. The van der Waals surface area contributed by atoms with Crippen molar-refractivity contribution in [2.75, 3.05) is 6.54 Å². The predicted octanol–water partition coefficient (Wildman–Crippen LogP) is 6.15. The van der Waals surface area contributed by atoms with E-state index in [0.717, 1.165) is 57.4 Å². The molecule has 0 unspecified atom stereocenters. The van der Waals surface area contributed by atoms with E-state index in [9.17, 15) is 27.9 Å². The molecule has 2 aliphatic rings. The van der Waals surface area contributed by atoms with Gasteiger partial charge < -0.3 is 15.0 Å². The Morgan fingerprint density at radius 3 is 2.59 bits per heavy atom. The van der Waals surface area contributed by atoms with E-state index < -0.39 is 29.2 Å². The predicted molar refractivity (Wildman–Crippen MR) is 160 cm³/mol. The van der Waals surface area contributed by atoms with Crippen LogP contribution in [0.1, 0.15) is 59.1 Å². The molecule has 1 fully saturated rings. The third kappa shape index (κ3) is 5.09. The normalized spacial score (nSPS) is 16.8. The van der Waals surface area contributed by atoms with Crippen molar-refractivity contribution < 1.29 is 23.1 Å². The fourth-order valence-electron chi connectivity index (χ4n) is 5.97. The zero-order valence-electron chi connectivity index (χ0n) is 23.4. The van der Waals surface area contributed by atoms with Crippen LogP contribution < -0.4 is 5.56 Å². The number of aromatic nitrogens is 3. The van der Waals surface area contributed by atoms with Gasteiger partial charge in [-0.1, -0.05) is 42.5 Å². The second kappa shape index (κ2) is 10.7. The Bertz CT molecular complexity index is 1930. The average Bonchev–Trinajstić information content (AvgIpc) is 3.77. The topological polar surface area (TPSA) is 99.2 Å². The molecule has 7 rings (SSSR count). The SMILES string of the molecule is O=C([C@H](O)c1cccc(C(F)(F)F)c1)N1CCCc2nc(C3(c4cccc(-c5nc6ccccc6s5)c4)CC3)[nH]c(=O)c2C1. The summed E-state index contributed by atoms with van der Waals surface area (Å²) in [6, 6.07) is 20.3.